The first-order valence-electron chi connectivity index (χ1n) is 13.6. The van der Waals surface area contributed by atoms with E-state index in [1.54, 1.807) is 6.20 Å². The number of rotatable bonds is 2. The van der Waals surface area contributed by atoms with E-state index >= 15 is 0 Å². The fourth-order valence-corrected chi connectivity index (χ4v) is 7.87. The predicted molar refractivity (Wildman–Crippen MR) is 151 cm³/mol. The molecule has 4 aromatic heterocycles. The number of nitrogens with zero attached hydrogens (tertiary/aromatic N) is 8. The van der Waals surface area contributed by atoms with Crippen LogP contribution in [0.1, 0.15) is 65.2 Å². The van der Waals surface area contributed by atoms with Crippen LogP contribution in [0.5, 0.6) is 0 Å². The lowest BCUT2D eigenvalue weighted by molar-refractivity contribution is 0.361. The minimum atomic E-state index is 0.651. The zero-order valence-electron chi connectivity index (χ0n) is 21.3. The minimum absolute atomic E-state index is 0.651. The van der Waals surface area contributed by atoms with Crippen LogP contribution in [0.2, 0.25) is 0 Å². The average molecular weight is 613 g/mol. The monoisotopic (exact) mass is 612 g/mol. The Bertz CT molecular complexity index is 1390. The summed E-state index contributed by atoms with van der Waals surface area (Å²) in [5.74, 6) is 3.72. The van der Waals surface area contributed by atoms with Gasteiger partial charge in [0.05, 0.1) is 18.6 Å². The second-order valence-corrected chi connectivity index (χ2v) is 12.6. The molecule has 2 N–H and O–H groups in total. The maximum atomic E-state index is 4.70. The molecule has 8 heterocycles. The molecule has 37 heavy (non-hydrogen) atoms. The number of piperidine rings is 2. The van der Waals surface area contributed by atoms with Gasteiger partial charge in [0.15, 0.2) is 5.65 Å². The van der Waals surface area contributed by atoms with Gasteiger partial charge in [-0.3, -0.25) is 10.2 Å². The molecule has 4 saturated heterocycles. The maximum Gasteiger partial charge on any atom is 0.202 e. The minimum Gasteiger partial charge on any atom is -0.349 e. The fraction of sp³-hybridized carbons (Fsp3) is 0.615. The summed E-state index contributed by atoms with van der Waals surface area (Å²) >= 11 is 2.21. The lowest BCUT2D eigenvalue weighted by Gasteiger charge is -2.38. The molecule has 4 aliphatic rings. The quantitative estimate of drug-likeness (QED) is 0.309. The van der Waals surface area contributed by atoms with Crippen LogP contribution in [0.25, 0.3) is 22.3 Å². The summed E-state index contributed by atoms with van der Waals surface area (Å²) in [6.45, 7) is 4.74. The molecule has 11 heteroatoms. The Labute approximate surface area is 229 Å². The first kappa shape index (κ1) is 23.5. The van der Waals surface area contributed by atoms with Crippen molar-refractivity contribution in [2.24, 2.45) is 11.8 Å². The fourth-order valence-electron chi connectivity index (χ4n) is 7.37. The third kappa shape index (κ3) is 4.22. The Hall–Kier alpha value is -2.57. The van der Waals surface area contributed by atoms with E-state index in [1.807, 2.05) is 12.4 Å². The van der Waals surface area contributed by atoms with Crippen LogP contribution in [-0.4, -0.2) is 64.5 Å². The number of aromatic nitrogens is 8. The largest absolute Gasteiger partial charge is 0.349 e. The van der Waals surface area contributed by atoms with E-state index in [0.29, 0.717) is 24.2 Å². The number of fused-ring (bicyclic) bond motifs is 6. The van der Waals surface area contributed by atoms with E-state index in [4.69, 9.17) is 4.98 Å². The number of hydrogen-bond donors (Lipinski definition) is 2. The smallest absolute Gasteiger partial charge is 0.202 e. The summed E-state index contributed by atoms with van der Waals surface area (Å²) in [5, 5.41) is 14.1. The molecule has 10 nitrogen and oxygen atoms in total. The first-order valence-corrected chi connectivity index (χ1v) is 14.7. The topological polar surface area (TPSA) is 115 Å². The van der Waals surface area contributed by atoms with Crippen molar-refractivity contribution in [3.63, 3.8) is 0 Å². The van der Waals surface area contributed by atoms with Crippen molar-refractivity contribution in [2.75, 3.05) is 9.80 Å². The van der Waals surface area contributed by atoms with Crippen LogP contribution in [0.15, 0.2) is 18.6 Å². The summed E-state index contributed by atoms with van der Waals surface area (Å²) in [4.78, 5) is 23.3. The summed E-state index contributed by atoms with van der Waals surface area (Å²) in [6, 6.07) is 2.62. The number of aromatic amines is 2. The molecule has 4 fully saturated rings. The second kappa shape index (κ2) is 9.32. The zero-order valence-corrected chi connectivity index (χ0v) is 23.5. The SMILES string of the molecule is CC1C[C@H]2CC[C@@H](C1)N2c1cnc2c(I)[nH]nc2n1.CC1C[C@H]2CC[C@@H](C1)N2c1cnc2cn[nH]c2n1. The van der Waals surface area contributed by atoms with Gasteiger partial charge in [-0.25, -0.2) is 19.9 Å². The van der Waals surface area contributed by atoms with E-state index < -0.39 is 0 Å². The van der Waals surface area contributed by atoms with Crippen LogP contribution < -0.4 is 9.80 Å². The van der Waals surface area contributed by atoms with E-state index in [-0.39, 0.29) is 0 Å². The van der Waals surface area contributed by atoms with Crippen LogP contribution >= 0.6 is 22.6 Å². The highest BCUT2D eigenvalue weighted by Gasteiger charge is 2.41. The molecule has 4 bridgehead atoms. The molecule has 8 rings (SSSR count). The normalized spacial score (nSPS) is 30.7. The molecular formula is C26H33IN10. The highest BCUT2D eigenvalue weighted by Crippen LogP contribution is 2.42. The van der Waals surface area contributed by atoms with Crippen LogP contribution in [0.4, 0.5) is 11.6 Å². The van der Waals surface area contributed by atoms with E-state index in [2.05, 4.69) is 81.6 Å². The van der Waals surface area contributed by atoms with Crippen LogP contribution in [-0.2, 0) is 0 Å². The summed E-state index contributed by atoms with van der Waals surface area (Å²) in [7, 11) is 0. The first-order chi connectivity index (χ1) is 18.0. The third-order valence-corrected chi connectivity index (χ3v) is 9.57. The van der Waals surface area contributed by atoms with Crippen molar-refractivity contribution in [3.05, 3.63) is 22.3 Å². The number of hydrogen-bond acceptors (Lipinski definition) is 8. The lowest BCUT2D eigenvalue weighted by Crippen LogP contribution is -2.42. The molecule has 6 atom stereocenters. The number of H-pyrrole nitrogens is 2. The molecule has 0 amide bonds. The molecule has 0 saturated carbocycles. The molecule has 0 spiro atoms. The molecule has 4 aliphatic heterocycles. The Morgan fingerprint density at radius 2 is 1.32 bits per heavy atom. The van der Waals surface area contributed by atoms with Crippen molar-refractivity contribution < 1.29 is 0 Å². The molecular weight excluding hydrogens is 579 g/mol. The van der Waals surface area contributed by atoms with Crippen LogP contribution in [0.3, 0.4) is 0 Å². The maximum absolute atomic E-state index is 4.70. The van der Waals surface area contributed by atoms with Gasteiger partial charge < -0.3 is 9.80 Å². The number of halogens is 1. The van der Waals surface area contributed by atoms with Crippen molar-refractivity contribution in [3.8, 4) is 0 Å². The number of anilines is 2. The van der Waals surface area contributed by atoms with Gasteiger partial charge in [0.2, 0.25) is 5.65 Å². The van der Waals surface area contributed by atoms with Crippen molar-refractivity contribution in [1.82, 2.24) is 40.3 Å². The van der Waals surface area contributed by atoms with Crippen molar-refractivity contribution >= 4 is 56.6 Å². The molecule has 4 aromatic rings. The molecule has 0 aliphatic carbocycles. The Kier molecular flexibility index (Phi) is 5.93. The van der Waals surface area contributed by atoms with Crippen molar-refractivity contribution in [1.29, 1.82) is 0 Å². The van der Waals surface area contributed by atoms with Gasteiger partial charge in [0.1, 0.15) is 26.4 Å². The summed E-state index contributed by atoms with van der Waals surface area (Å²) < 4.78 is 0.960. The standard InChI is InChI=1S/C13H16IN5.C13H17N5/c1-7-4-8-2-3-9(5-7)19(8)10-6-15-11-12(14)17-18-13(11)16-10;1-8-4-9-2-3-10(5-8)18(9)12-7-14-11-6-15-17-13(11)16-12/h6-9H,2-5H2,1H3,(H,16,17,18);6-10H,2-5H2,1H3,(H,15,16,17)/t7?,8-,9+;8?,9-,10+. The van der Waals surface area contributed by atoms with E-state index in [9.17, 15) is 0 Å². The number of nitrogens with one attached hydrogen (secondary N) is 2. The molecule has 0 radical (unpaired) electrons. The molecule has 2 unspecified atom stereocenters. The highest BCUT2D eigenvalue weighted by molar-refractivity contribution is 14.1. The van der Waals surface area contributed by atoms with Crippen LogP contribution in [0, 0.1) is 15.5 Å². The van der Waals surface area contributed by atoms with Gasteiger partial charge in [-0.1, -0.05) is 13.8 Å². The molecule has 194 valence electrons. The van der Waals surface area contributed by atoms with Crippen molar-refractivity contribution in [2.45, 2.75) is 89.4 Å². The van der Waals surface area contributed by atoms with Gasteiger partial charge in [0.25, 0.3) is 0 Å². The highest BCUT2D eigenvalue weighted by atomic mass is 127. The van der Waals surface area contributed by atoms with Gasteiger partial charge in [-0.15, -0.1) is 0 Å². The third-order valence-electron chi connectivity index (χ3n) is 8.82. The van der Waals surface area contributed by atoms with E-state index in [1.165, 1.54) is 51.4 Å². The van der Waals surface area contributed by atoms with Gasteiger partial charge in [-0.2, -0.15) is 10.2 Å². The Balaban J connectivity index is 0.000000125. The van der Waals surface area contributed by atoms with E-state index in [0.717, 1.165) is 49.5 Å². The average Bonchev–Trinajstić information content (AvgIpc) is 3.63. The summed E-state index contributed by atoms with van der Waals surface area (Å²) in [6.07, 6.45) is 15.9. The summed E-state index contributed by atoms with van der Waals surface area (Å²) in [5.41, 5.74) is 3.25. The Morgan fingerprint density at radius 1 is 0.757 bits per heavy atom. The second-order valence-electron chi connectivity index (χ2n) is 11.5. The van der Waals surface area contributed by atoms with Gasteiger partial charge in [-0.05, 0) is 85.8 Å². The van der Waals surface area contributed by atoms with Gasteiger partial charge in [0, 0.05) is 24.2 Å². The van der Waals surface area contributed by atoms with Gasteiger partial charge >= 0.3 is 0 Å². The Morgan fingerprint density at radius 3 is 1.95 bits per heavy atom. The lowest BCUT2D eigenvalue weighted by atomic mass is 9.92. The zero-order chi connectivity index (χ0) is 25.1. The molecule has 0 aromatic carbocycles. The predicted octanol–water partition coefficient (Wildman–Crippen LogP) is 4.85.